The number of aliphatic hydroxyl groups is 1. The summed E-state index contributed by atoms with van der Waals surface area (Å²) in [7, 11) is 0. The molecular weight excluding hydrogens is 386 g/mol. The molecule has 1 aromatic carbocycles. The SMILES string of the molecule is O=C(CNCC1(O)CCCCC1)N1CCc2ccccc2C1C1CCC(F)(F)CC1. The third-order valence-electron chi connectivity index (χ3n) is 7.37. The fourth-order valence-electron chi connectivity index (χ4n) is 5.66. The number of carbonyl (C=O) groups excluding carboxylic acids is 1. The molecule has 0 saturated heterocycles. The lowest BCUT2D eigenvalue weighted by molar-refractivity contribution is -0.136. The normalized spacial score (nSPS) is 26.2. The van der Waals surface area contributed by atoms with E-state index in [2.05, 4.69) is 17.4 Å². The monoisotopic (exact) mass is 420 g/mol. The third-order valence-corrected chi connectivity index (χ3v) is 7.37. The minimum atomic E-state index is -2.57. The summed E-state index contributed by atoms with van der Waals surface area (Å²) in [6.07, 6.45) is 6.29. The molecule has 1 heterocycles. The second kappa shape index (κ2) is 8.91. The van der Waals surface area contributed by atoms with Crippen LogP contribution in [0.2, 0.25) is 0 Å². The number of amides is 1. The number of fused-ring (bicyclic) bond motifs is 1. The van der Waals surface area contributed by atoms with Crippen molar-refractivity contribution >= 4 is 5.91 Å². The molecule has 166 valence electrons. The molecule has 1 aromatic rings. The van der Waals surface area contributed by atoms with Crippen LogP contribution in [0, 0.1) is 5.92 Å². The topological polar surface area (TPSA) is 52.6 Å². The molecule has 0 spiro atoms. The van der Waals surface area contributed by atoms with Crippen LogP contribution in [0.25, 0.3) is 0 Å². The molecule has 1 amide bonds. The maximum absolute atomic E-state index is 13.8. The average Bonchev–Trinajstić information content (AvgIpc) is 2.73. The number of rotatable bonds is 5. The van der Waals surface area contributed by atoms with E-state index >= 15 is 0 Å². The summed E-state index contributed by atoms with van der Waals surface area (Å²) in [6.45, 7) is 1.24. The maximum atomic E-state index is 13.8. The molecule has 4 nitrogen and oxygen atoms in total. The lowest BCUT2D eigenvalue weighted by Gasteiger charge is -2.44. The number of benzene rings is 1. The van der Waals surface area contributed by atoms with Gasteiger partial charge in [0.1, 0.15) is 0 Å². The van der Waals surface area contributed by atoms with E-state index in [1.54, 1.807) is 0 Å². The van der Waals surface area contributed by atoms with E-state index in [-0.39, 0.29) is 37.3 Å². The molecule has 2 aliphatic carbocycles. The predicted molar refractivity (Wildman–Crippen MR) is 112 cm³/mol. The van der Waals surface area contributed by atoms with Crippen molar-refractivity contribution in [3.05, 3.63) is 35.4 Å². The molecule has 1 atom stereocenters. The van der Waals surface area contributed by atoms with Gasteiger partial charge in [-0.25, -0.2) is 8.78 Å². The first-order valence-corrected chi connectivity index (χ1v) is 11.6. The van der Waals surface area contributed by atoms with Crippen LogP contribution in [0.4, 0.5) is 8.78 Å². The van der Waals surface area contributed by atoms with Gasteiger partial charge in [0.25, 0.3) is 0 Å². The van der Waals surface area contributed by atoms with E-state index in [9.17, 15) is 18.7 Å². The van der Waals surface area contributed by atoms with Crippen molar-refractivity contribution in [3.8, 4) is 0 Å². The summed E-state index contributed by atoms with van der Waals surface area (Å²) in [5.74, 6) is -2.50. The van der Waals surface area contributed by atoms with Crippen LogP contribution in [0.1, 0.15) is 75.0 Å². The molecule has 6 heteroatoms. The van der Waals surface area contributed by atoms with Crippen LogP contribution in [0.15, 0.2) is 24.3 Å². The van der Waals surface area contributed by atoms with Gasteiger partial charge in [-0.15, -0.1) is 0 Å². The molecule has 4 rings (SSSR count). The van der Waals surface area contributed by atoms with Crippen LogP contribution in [0.3, 0.4) is 0 Å². The van der Waals surface area contributed by atoms with E-state index in [4.69, 9.17) is 0 Å². The lowest BCUT2D eigenvalue weighted by atomic mass is 9.76. The maximum Gasteiger partial charge on any atom is 0.248 e. The number of hydrogen-bond donors (Lipinski definition) is 2. The van der Waals surface area contributed by atoms with E-state index in [0.717, 1.165) is 44.1 Å². The fourth-order valence-corrected chi connectivity index (χ4v) is 5.66. The Hall–Kier alpha value is -1.53. The Bertz CT molecular complexity index is 738. The van der Waals surface area contributed by atoms with Crippen molar-refractivity contribution in [2.45, 2.75) is 81.8 Å². The minimum absolute atomic E-state index is 0.00578. The minimum Gasteiger partial charge on any atom is -0.389 e. The molecule has 1 unspecified atom stereocenters. The smallest absolute Gasteiger partial charge is 0.248 e. The number of carbonyl (C=O) groups is 1. The Labute approximate surface area is 178 Å². The first-order chi connectivity index (χ1) is 14.4. The van der Waals surface area contributed by atoms with Crippen LogP contribution in [-0.4, -0.2) is 47.1 Å². The van der Waals surface area contributed by atoms with E-state index < -0.39 is 11.5 Å². The third kappa shape index (κ3) is 4.86. The quantitative estimate of drug-likeness (QED) is 0.750. The van der Waals surface area contributed by atoms with Crippen LogP contribution < -0.4 is 5.32 Å². The van der Waals surface area contributed by atoms with Crippen LogP contribution in [0.5, 0.6) is 0 Å². The number of alkyl halides is 2. The molecule has 0 radical (unpaired) electrons. The highest BCUT2D eigenvalue weighted by Gasteiger charge is 2.42. The summed E-state index contributed by atoms with van der Waals surface area (Å²) in [5.41, 5.74) is 1.65. The van der Waals surface area contributed by atoms with Gasteiger partial charge < -0.3 is 15.3 Å². The van der Waals surface area contributed by atoms with E-state index in [0.29, 0.717) is 25.9 Å². The van der Waals surface area contributed by atoms with Crippen LogP contribution in [-0.2, 0) is 11.2 Å². The number of nitrogens with zero attached hydrogens (tertiary/aromatic N) is 1. The van der Waals surface area contributed by atoms with E-state index in [1.807, 2.05) is 17.0 Å². The fraction of sp³-hybridized carbons (Fsp3) is 0.708. The first kappa shape index (κ1) is 21.7. The summed E-state index contributed by atoms with van der Waals surface area (Å²) < 4.78 is 27.5. The molecule has 3 aliphatic rings. The van der Waals surface area contributed by atoms with Gasteiger partial charge in [0.15, 0.2) is 0 Å². The van der Waals surface area contributed by atoms with Gasteiger partial charge in [-0.2, -0.15) is 0 Å². The average molecular weight is 421 g/mol. The molecule has 1 aliphatic heterocycles. The highest BCUT2D eigenvalue weighted by Crippen LogP contribution is 2.45. The van der Waals surface area contributed by atoms with Crippen molar-refractivity contribution in [2.75, 3.05) is 19.6 Å². The Balaban J connectivity index is 1.44. The van der Waals surface area contributed by atoms with Crippen molar-refractivity contribution in [3.63, 3.8) is 0 Å². The number of halogens is 2. The molecule has 2 N–H and O–H groups in total. The highest BCUT2D eigenvalue weighted by molar-refractivity contribution is 5.79. The molecular formula is C24H34F2N2O2. The van der Waals surface area contributed by atoms with Gasteiger partial charge in [-0.3, -0.25) is 4.79 Å². The van der Waals surface area contributed by atoms with Gasteiger partial charge in [-0.05, 0) is 49.1 Å². The largest absolute Gasteiger partial charge is 0.389 e. The van der Waals surface area contributed by atoms with Gasteiger partial charge in [0, 0.05) is 25.9 Å². The first-order valence-electron chi connectivity index (χ1n) is 11.6. The van der Waals surface area contributed by atoms with Gasteiger partial charge in [0.05, 0.1) is 18.2 Å². The standard InChI is InChI=1S/C24H34F2N2O2/c25-24(26)13-8-19(9-14-24)22-20-7-3-2-6-18(20)10-15-28(22)21(29)16-27-17-23(30)11-4-1-5-12-23/h2-3,6-7,19,22,27,30H,1,4-5,8-17H2. The zero-order valence-corrected chi connectivity index (χ0v) is 17.7. The van der Waals surface area contributed by atoms with Crippen molar-refractivity contribution < 1.29 is 18.7 Å². The summed E-state index contributed by atoms with van der Waals surface area (Å²) in [4.78, 5) is 15.1. The van der Waals surface area contributed by atoms with Crippen molar-refractivity contribution in [1.29, 1.82) is 0 Å². The van der Waals surface area contributed by atoms with Crippen molar-refractivity contribution in [2.24, 2.45) is 5.92 Å². The van der Waals surface area contributed by atoms with Gasteiger partial charge in [0.2, 0.25) is 11.8 Å². The van der Waals surface area contributed by atoms with E-state index in [1.165, 1.54) is 5.56 Å². The summed E-state index contributed by atoms with van der Waals surface area (Å²) in [5, 5.41) is 13.9. The second-order valence-electron chi connectivity index (χ2n) is 9.56. The van der Waals surface area contributed by atoms with Gasteiger partial charge >= 0.3 is 0 Å². The summed E-state index contributed by atoms with van der Waals surface area (Å²) in [6, 6.07) is 8.02. The van der Waals surface area contributed by atoms with Crippen molar-refractivity contribution in [1.82, 2.24) is 10.2 Å². The molecule has 0 aromatic heterocycles. The Morgan fingerprint density at radius 3 is 2.53 bits per heavy atom. The Morgan fingerprint density at radius 1 is 1.10 bits per heavy atom. The molecule has 0 bridgehead atoms. The predicted octanol–water partition coefficient (Wildman–Crippen LogP) is 4.22. The number of hydrogen-bond acceptors (Lipinski definition) is 3. The zero-order valence-electron chi connectivity index (χ0n) is 17.7. The summed E-state index contributed by atoms with van der Waals surface area (Å²) >= 11 is 0. The highest BCUT2D eigenvalue weighted by atomic mass is 19.3. The Morgan fingerprint density at radius 2 is 1.80 bits per heavy atom. The lowest BCUT2D eigenvalue weighted by Crippen LogP contribution is -2.49. The molecule has 30 heavy (non-hydrogen) atoms. The molecule has 2 fully saturated rings. The Kier molecular flexibility index (Phi) is 6.44. The molecule has 2 saturated carbocycles. The zero-order chi connectivity index (χ0) is 21.2. The second-order valence-corrected chi connectivity index (χ2v) is 9.56. The number of nitrogens with one attached hydrogen (secondary N) is 1. The van der Waals surface area contributed by atoms with Gasteiger partial charge in [-0.1, -0.05) is 43.5 Å². The van der Waals surface area contributed by atoms with Crippen LogP contribution >= 0.6 is 0 Å².